The molecule has 3 aromatic rings. The number of hydrogen-bond acceptors (Lipinski definition) is 4. The average molecular weight is 424 g/mol. The maximum atomic E-state index is 6.17. The molecule has 0 saturated heterocycles. The third kappa shape index (κ3) is 4.77. The minimum absolute atomic E-state index is 0.269. The molecule has 0 unspecified atom stereocenters. The van der Waals surface area contributed by atoms with Gasteiger partial charge < -0.3 is 0 Å². The molecule has 0 aliphatic carbocycles. The van der Waals surface area contributed by atoms with Crippen molar-refractivity contribution in [2.45, 2.75) is 47.4 Å². The second-order valence-corrected chi connectivity index (χ2v) is 9.07. The van der Waals surface area contributed by atoms with Gasteiger partial charge in [0.25, 0.3) is 0 Å². The van der Waals surface area contributed by atoms with Crippen molar-refractivity contribution in [2.24, 2.45) is 0 Å². The first kappa shape index (κ1) is 19.6. The highest BCUT2D eigenvalue weighted by Gasteiger charge is 2.19. The van der Waals surface area contributed by atoms with E-state index in [1.165, 1.54) is 10.5 Å². The van der Waals surface area contributed by atoms with Gasteiger partial charge in [-0.15, -0.1) is 11.8 Å². The molecule has 0 atom stereocenters. The van der Waals surface area contributed by atoms with Crippen LogP contribution in [-0.2, 0) is 5.75 Å². The van der Waals surface area contributed by atoms with Crippen molar-refractivity contribution in [3.63, 3.8) is 0 Å². The highest BCUT2D eigenvalue weighted by atomic mass is 35.5. The number of rotatable bonds is 6. The SMILES string of the molecule is Cc1nn(C(C)C)c(Sc2cc(Cl)cc(Cl)c2)c1CSc1ccncc1. The van der Waals surface area contributed by atoms with E-state index >= 15 is 0 Å². The Morgan fingerprint density at radius 3 is 2.31 bits per heavy atom. The van der Waals surface area contributed by atoms with Crippen molar-refractivity contribution in [2.75, 3.05) is 0 Å². The lowest BCUT2D eigenvalue weighted by Gasteiger charge is -2.13. The average Bonchev–Trinajstić information content (AvgIpc) is 2.89. The number of benzene rings is 1. The van der Waals surface area contributed by atoms with Crippen LogP contribution >= 0.6 is 46.7 Å². The van der Waals surface area contributed by atoms with Gasteiger partial charge in [0.15, 0.2) is 0 Å². The molecule has 7 heteroatoms. The van der Waals surface area contributed by atoms with Crippen LogP contribution < -0.4 is 0 Å². The van der Waals surface area contributed by atoms with Crippen molar-refractivity contribution < 1.29 is 0 Å². The van der Waals surface area contributed by atoms with E-state index in [1.807, 2.05) is 36.7 Å². The number of aromatic nitrogens is 3. The lowest BCUT2D eigenvalue weighted by atomic mass is 10.3. The molecule has 0 aliphatic rings. The Balaban J connectivity index is 1.93. The zero-order chi connectivity index (χ0) is 18.7. The molecule has 0 spiro atoms. The Hall–Kier alpha value is -1.14. The molecule has 0 radical (unpaired) electrons. The van der Waals surface area contributed by atoms with Crippen LogP contribution in [0.25, 0.3) is 0 Å². The van der Waals surface area contributed by atoms with Crippen LogP contribution in [0.2, 0.25) is 10.0 Å². The zero-order valence-corrected chi connectivity index (χ0v) is 17.9. The van der Waals surface area contributed by atoms with Gasteiger partial charge in [0, 0.05) is 49.6 Å². The molecule has 0 saturated carbocycles. The predicted molar refractivity (Wildman–Crippen MR) is 112 cm³/mol. The molecule has 136 valence electrons. The summed E-state index contributed by atoms with van der Waals surface area (Å²) in [7, 11) is 0. The fourth-order valence-corrected chi connectivity index (χ4v) is 5.47. The summed E-state index contributed by atoms with van der Waals surface area (Å²) in [4.78, 5) is 6.28. The smallest absolute Gasteiger partial charge is 0.103 e. The van der Waals surface area contributed by atoms with Crippen LogP contribution in [0.4, 0.5) is 0 Å². The highest BCUT2D eigenvalue weighted by molar-refractivity contribution is 8.00. The van der Waals surface area contributed by atoms with E-state index < -0.39 is 0 Å². The Morgan fingerprint density at radius 2 is 1.69 bits per heavy atom. The lowest BCUT2D eigenvalue weighted by molar-refractivity contribution is 0.489. The maximum Gasteiger partial charge on any atom is 0.103 e. The molecule has 0 aliphatic heterocycles. The molecule has 0 bridgehead atoms. The van der Waals surface area contributed by atoms with Crippen molar-refractivity contribution in [3.8, 4) is 0 Å². The van der Waals surface area contributed by atoms with Crippen molar-refractivity contribution >= 4 is 46.7 Å². The van der Waals surface area contributed by atoms with E-state index in [9.17, 15) is 0 Å². The summed E-state index contributed by atoms with van der Waals surface area (Å²) >= 11 is 15.8. The third-order valence-corrected chi connectivity index (χ3v) is 6.31. The Bertz CT molecular complexity index is 875. The first-order valence-corrected chi connectivity index (χ1v) is 10.7. The molecule has 2 heterocycles. The monoisotopic (exact) mass is 423 g/mol. The standard InChI is InChI=1S/C19H19Cl2N3S2/c1-12(2)24-19(26-17-9-14(20)8-15(21)10-17)18(13(3)23-24)11-25-16-4-6-22-7-5-16/h4-10,12H,11H2,1-3H3. The molecular weight excluding hydrogens is 405 g/mol. The molecule has 0 fully saturated rings. The fourth-order valence-electron chi connectivity index (χ4n) is 2.47. The maximum absolute atomic E-state index is 6.17. The van der Waals surface area contributed by atoms with Crippen molar-refractivity contribution in [3.05, 3.63) is 64.0 Å². The summed E-state index contributed by atoms with van der Waals surface area (Å²) in [5.41, 5.74) is 2.29. The van der Waals surface area contributed by atoms with Crippen LogP contribution in [0.15, 0.2) is 57.5 Å². The first-order chi connectivity index (χ1) is 12.4. The van der Waals surface area contributed by atoms with Crippen LogP contribution in [0, 0.1) is 6.92 Å². The van der Waals surface area contributed by atoms with Crippen molar-refractivity contribution in [1.82, 2.24) is 14.8 Å². The number of nitrogens with zero attached hydrogens (tertiary/aromatic N) is 3. The second-order valence-electron chi connectivity index (χ2n) is 6.09. The van der Waals surface area contributed by atoms with Gasteiger partial charge in [-0.2, -0.15) is 5.10 Å². The van der Waals surface area contributed by atoms with Crippen molar-refractivity contribution in [1.29, 1.82) is 0 Å². The van der Waals surface area contributed by atoms with Crippen LogP contribution in [-0.4, -0.2) is 14.8 Å². The molecular formula is C19H19Cl2N3S2. The van der Waals surface area contributed by atoms with E-state index in [-0.39, 0.29) is 6.04 Å². The summed E-state index contributed by atoms with van der Waals surface area (Å²) in [6.45, 7) is 6.35. The van der Waals surface area contributed by atoms with Crippen LogP contribution in [0.5, 0.6) is 0 Å². The Kier molecular flexibility index (Phi) is 6.56. The van der Waals surface area contributed by atoms with Gasteiger partial charge in [-0.3, -0.25) is 9.67 Å². The largest absolute Gasteiger partial charge is 0.265 e. The number of hydrogen-bond donors (Lipinski definition) is 0. The van der Waals surface area contributed by atoms with Crippen LogP contribution in [0.3, 0.4) is 0 Å². The zero-order valence-electron chi connectivity index (χ0n) is 14.7. The van der Waals surface area contributed by atoms with Gasteiger partial charge in [0.1, 0.15) is 5.03 Å². The fraction of sp³-hybridized carbons (Fsp3) is 0.263. The van der Waals surface area contributed by atoms with Gasteiger partial charge in [0.2, 0.25) is 0 Å². The number of thioether (sulfide) groups is 1. The summed E-state index contributed by atoms with van der Waals surface area (Å²) in [6, 6.07) is 9.94. The summed E-state index contributed by atoms with van der Waals surface area (Å²) in [5, 5.41) is 7.18. The van der Waals surface area contributed by atoms with E-state index in [0.717, 1.165) is 21.4 Å². The summed E-state index contributed by atoms with van der Waals surface area (Å²) in [6.07, 6.45) is 3.63. The van der Waals surface area contributed by atoms with E-state index in [1.54, 1.807) is 29.6 Å². The van der Waals surface area contributed by atoms with Gasteiger partial charge in [-0.25, -0.2) is 0 Å². The number of pyridine rings is 1. The van der Waals surface area contributed by atoms with E-state index in [4.69, 9.17) is 28.3 Å². The molecule has 2 aromatic heterocycles. The molecule has 3 nitrogen and oxygen atoms in total. The first-order valence-electron chi connectivity index (χ1n) is 8.19. The van der Waals surface area contributed by atoms with E-state index in [2.05, 4.69) is 30.4 Å². The summed E-state index contributed by atoms with van der Waals surface area (Å²) in [5.74, 6) is 0.846. The van der Waals surface area contributed by atoms with Gasteiger partial charge in [-0.05, 0) is 51.1 Å². The van der Waals surface area contributed by atoms with Gasteiger partial charge in [0.05, 0.1) is 5.69 Å². The minimum atomic E-state index is 0.269. The molecule has 0 amide bonds. The molecule has 3 rings (SSSR count). The second kappa shape index (κ2) is 8.70. The van der Waals surface area contributed by atoms with Gasteiger partial charge in [-0.1, -0.05) is 35.0 Å². The van der Waals surface area contributed by atoms with E-state index in [0.29, 0.717) is 10.0 Å². The van der Waals surface area contributed by atoms with Gasteiger partial charge >= 0.3 is 0 Å². The molecule has 0 N–H and O–H groups in total. The minimum Gasteiger partial charge on any atom is -0.265 e. The third-order valence-electron chi connectivity index (χ3n) is 3.73. The topological polar surface area (TPSA) is 30.7 Å². The summed E-state index contributed by atoms with van der Waals surface area (Å²) < 4.78 is 2.08. The van der Waals surface area contributed by atoms with Crippen LogP contribution in [0.1, 0.15) is 31.1 Å². The Morgan fingerprint density at radius 1 is 1.04 bits per heavy atom. The lowest BCUT2D eigenvalue weighted by Crippen LogP contribution is -2.04. The highest BCUT2D eigenvalue weighted by Crippen LogP contribution is 2.38. The normalized spacial score (nSPS) is 11.3. The quantitative estimate of drug-likeness (QED) is 0.402. The number of aryl methyl sites for hydroxylation is 1. The molecule has 26 heavy (non-hydrogen) atoms. The molecule has 1 aromatic carbocycles. The predicted octanol–water partition coefficient (Wildman–Crippen LogP) is 6.92. The Labute approximate surface area is 172 Å². The number of halogens is 2.